The predicted octanol–water partition coefficient (Wildman–Crippen LogP) is 1.45. The number of benzene rings is 1. The fourth-order valence-corrected chi connectivity index (χ4v) is 2.11. The molecule has 1 aliphatic heterocycles. The highest BCUT2D eigenvalue weighted by molar-refractivity contribution is 5.51. The molecule has 106 valence electrons. The molecule has 1 aliphatic rings. The van der Waals surface area contributed by atoms with Gasteiger partial charge >= 0.3 is 0 Å². The van der Waals surface area contributed by atoms with Gasteiger partial charge in [0.1, 0.15) is 18.2 Å². The minimum absolute atomic E-state index is 0.261. The lowest BCUT2D eigenvalue weighted by atomic mass is 10.1. The van der Waals surface area contributed by atoms with Crippen LogP contribution in [0.5, 0.6) is 17.2 Å². The SMILES string of the molecule is CNCc1cc2c(cc1OCc1nccn1C)OCO2. The molecule has 0 aliphatic carbocycles. The zero-order valence-corrected chi connectivity index (χ0v) is 11.5. The number of imidazole rings is 1. The van der Waals surface area contributed by atoms with Crippen LogP contribution in [-0.4, -0.2) is 23.4 Å². The largest absolute Gasteiger partial charge is 0.485 e. The molecule has 0 amide bonds. The van der Waals surface area contributed by atoms with Gasteiger partial charge in [-0.3, -0.25) is 0 Å². The third-order valence-corrected chi connectivity index (χ3v) is 3.20. The summed E-state index contributed by atoms with van der Waals surface area (Å²) in [5.41, 5.74) is 1.03. The smallest absolute Gasteiger partial charge is 0.231 e. The number of fused-ring (bicyclic) bond motifs is 1. The zero-order valence-electron chi connectivity index (χ0n) is 11.5. The number of nitrogens with one attached hydrogen (secondary N) is 1. The first kappa shape index (κ1) is 12.8. The molecule has 0 saturated carbocycles. The van der Waals surface area contributed by atoms with Crippen LogP contribution < -0.4 is 19.5 Å². The maximum atomic E-state index is 5.88. The van der Waals surface area contributed by atoms with Gasteiger partial charge in [0.15, 0.2) is 11.5 Å². The van der Waals surface area contributed by atoms with Gasteiger partial charge in [0.05, 0.1) is 0 Å². The topological polar surface area (TPSA) is 57.5 Å². The second-order valence-electron chi connectivity index (χ2n) is 4.59. The molecule has 3 rings (SSSR count). The molecule has 2 heterocycles. The van der Waals surface area contributed by atoms with Crippen molar-refractivity contribution in [3.8, 4) is 17.2 Å². The molecule has 1 N–H and O–H groups in total. The number of aryl methyl sites for hydroxylation is 1. The lowest BCUT2D eigenvalue weighted by Crippen LogP contribution is -2.09. The van der Waals surface area contributed by atoms with Crippen LogP contribution in [0.4, 0.5) is 0 Å². The first-order valence-electron chi connectivity index (χ1n) is 6.44. The Morgan fingerprint density at radius 1 is 1.35 bits per heavy atom. The molecule has 1 aromatic carbocycles. The van der Waals surface area contributed by atoms with Crippen LogP contribution in [0.25, 0.3) is 0 Å². The number of nitrogens with zero attached hydrogens (tertiary/aromatic N) is 2. The van der Waals surface area contributed by atoms with E-state index in [0.717, 1.165) is 28.6 Å². The van der Waals surface area contributed by atoms with E-state index in [2.05, 4.69) is 10.3 Å². The highest BCUT2D eigenvalue weighted by atomic mass is 16.7. The van der Waals surface area contributed by atoms with Gasteiger partial charge in [0.25, 0.3) is 0 Å². The fourth-order valence-electron chi connectivity index (χ4n) is 2.11. The Bertz CT molecular complexity index is 610. The van der Waals surface area contributed by atoms with Crippen molar-refractivity contribution in [1.82, 2.24) is 14.9 Å². The molecule has 2 aromatic rings. The van der Waals surface area contributed by atoms with Gasteiger partial charge in [0.2, 0.25) is 6.79 Å². The highest BCUT2D eigenvalue weighted by Gasteiger charge is 2.18. The Hall–Kier alpha value is -2.21. The summed E-state index contributed by atoms with van der Waals surface area (Å²) in [4.78, 5) is 4.25. The summed E-state index contributed by atoms with van der Waals surface area (Å²) in [5, 5.41) is 3.12. The summed E-state index contributed by atoms with van der Waals surface area (Å²) in [6.07, 6.45) is 3.65. The first-order chi connectivity index (χ1) is 9.78. The molecule has 0 radical (unpaired) electrons. The number of hydrogen-bond donors (Lipinski definition) is 1. The molecular weight excluding hydrogens is 258 g/mol. The van der Waals surface area contributed by atoms with Gasteiger partial charge in [-0.2, -0.15) is 0 Å². The van der Waals surface area contributed by atoms with E-state index < -0.39 is 0 Å². The van der Waals surface area contributed by atoms with Crippen LogP contribution in [-0.2, 0) is 20.2 Å². The number of aromatic nitrogens is 2. The van der Waals surface area contributed by atoms with Crippen molar-refractivity contribution in [1.29, 1.82) is 0 Å². The Kier molecular flexibility index (Phi) is 3.47. The van der Waals surface area contributed by atoms with Gasteiger partial charge in [-0.1, -0.05) is 0 Å². The minimum atomic E-state index is 0.261. The molecule has 0 bridgehead atoms. The van der Waals surface area contributed by atoms with E-state index in [9.17, 15) is 0 Å². The van der Waals surface area contributed by atoms with Crippen LogP contribution in [0.1, 0.15) is 11.4 Å². The van der Waals surface area contributed by atoms with Crippen molar-refractivity contribution in [2.45, 2.75) is 13.2 Å². The summed E-state index contributed by atoms with van der Waals surface area (Å²) in [6, 6.07) is 3.82. The second kappa shape index (κ2) is 5.42. The van der Waals surface area contributed by atoms with Crippen molar-refractivity contribution in [3.05, 3.63) is 35.9 Å². The predicted molar refractivity (Wildman–Crippen MR) is 72.9 cm³/mol. The van der Waals surface area contributed by atoms with Crippen LogP contribution in [0.15, 0.2) is 24.5 Å². The number of rotatable bonds is 5. The van der Waals surface area contributed by atoms with Crippen LogP contribution in [0, 0.1) is 0 Å². The van der Waals surface area contributed by atoms with Crippen molar-refractivity contribution < 1.29 is 14.2 Å². The summed E-state index contributed by atoms with van der Waals surface area (Å²) < 4.78 is 18.6. The van der Waals surface area contributed by atoms with Gasteiger partial charge in [-0.25, -0.2) is 4.98 Å². The van der Waals surface area contributed by atoms with Gasteiger partial charge in [-0.05, 0) is 13.1 Å². The number of ether oxygens (including phenoxy) is 3. The van der Waals surface area contributed by atoms with Crippen LogP contribution in [0.3, 0.4) is 0 Å². The highest BCUT2D eigenvalue weighted by Crippen LogP contribution is 2.38. The van der Waals surface area contributed by atoms with E-state index >= 15 is 0 Å². The summed E-state index contributed by atoms with van der Waals surface area (Å²) in [6.45, 7) is 1.38. The van der Waals surface area contributed by atoms with E-state index in [0.29, 0.717) is 13.2 Å². The maximum Gasteiger partial charge on any atom is 0.231 e. The standard InChI is InChI=1S/C14H17N3O3/c1-15-7-10-5-12-13(20-9-19-12)6-11(10)18-8-14-16-3-4-17(14)2/h3-6,15H,7-9H2,1-2H3. The van der Waals surface area contributed by atoms with Crippen molar-refractivity contribution in [3.63, 3.8) is 0 Å². The average molecular weight is 275 g/mol. The number of hydrogen-bond acceptors (Lipinski definition) is 5. The minimum Gasteiger partial charge on any atom is -0.485 e. The maximum absolute atomic E-state index is 5.88. The zero-order chi connectivity index (χ0) is 13.9. The summed E-state index contributed by atoms with van der Waals surface area (Å²) in [5.74, 6) is 3.14. The monoisotopic (exact) mass is 275 g/mol. The molecular formula is C14H17N3O3. The van der Waals surface area contributed by atoms with E-state index in [4.69, 9.17) is 14.2 Å². The van der Waals surface area contributed by atoms with Gasteiger partial charge < -0.3 is 24.1 Å². The van der Waals surface area contributed by atoms with Crippen molar-refractivity contribution >= 4 is 0 Å². The normalized spacial score (nSPS) is 12.7. The summed E-state index contributed by atoms with van der Waals surface area (Å²) >= 11 is 0. The Labute approximate surface area is 117 Å². The third-order valence-electron chi connectivity index (χ3n) is 3.20. The molecule has 0 fully saturated rings. The fraction of sp³-hybridized carbons (Fsp3) is 0.357. The van der Waals surface area contributed by atoms with Gasteiger partial charge in [0, 0.05) is 37.6 Å². The molecule has 0 saturated heterocycles. The molecule has 0 unspecified atom stereocenters. The molecule has 0 atom stereocenters. The van der Waals surface area contributed by atoms with E-state index in [1.165, 1.54) is 0 Å². The second-order valence-corrected chi connectivity index (χ2v) is 4.59. The quantitative estimate of drug-likeness (QED) is 0.895. The Balaban J connectivity index is 1.82. The van der Waals surface area contributed by atoms with Crippen molar-refractivity contribution in [2.75, 3.05) is 13.8 Å². The lowest BCUT2D eigenvalue weighted by Gasteiger charge is -2.12. The van der Waals surface area contributed by atoms with E-state index in [1.54, 1.807) is 6.20 Å². The lowest BCUT2D eigenvalue weighted by molar-refractivity contribution is 0.173. The van der Waals surface area contributed by atoms with Crippen LogP contribution in [0.2, 0.25) is 0 Å². The van der Waals surface area contributed by atoms with Crippen LogP contribution >= 0.6 is 0 Å². The third kappa shape index (κ3) is 2.42. The first-order valence-corrected chi connectivity index (χ1v) is 6.44. The van der Waals surface area contributed by atoms with E-state index in [-0.39, 0.29) is 6.79 Å². The Morgan fingerprint density at radius 3 is 2.85 bits per heavy atom. The molecule has 0 spiro atoms. The van der Waals surface area contributed by atoms with Gasteiger partial charge in [-0.15, -0.1) is 0 Å². The molecule has 20 heavy (non-hydrogen) atoms. The Morgan fingerprint density at radius 2 is 2.15 bits per heavy atom. The van der Waals surface area contributed by atoms with E-state index in [1.807, 2.05) is 37.0 Å². The molecule has 6 nitrogen and oxygen atoms in total. The molecule has 1 aromatic heterocycles. The summed E-state index contributed by atoms with van der Waals surface area (Å²) in [7, 11) is 3.84. The molecule has 6 heteroatoms. The van der Waals surface area contributed by atoms with Crippen molar-refractivity contribution in [2.24, 2.45) is 7.05 Å². The average Bonchev–Trinajstić information content (AvgIpc) is 3.05.